The normalized spacial score (nSPS) is 20.7. The van der Waals surface area contributed by atoms with Gasteiger partial charge in [0.25, 0.3) is 0 Å². The number of nitrogens with one attached hydrogen (secondary N) is 1. The van der Waals surface area contributed by atoms with E-state index in [9.17, 15) is 0 Å². The van der Waals surface area contributed by atoms with Crippen molar-refractivity contribution in [2.45, 2.75) is 23.5 Å². The zero-order valence-corrected chi connectivity index (χ0v) is 14.5. The predicted molar refractivity (Wildman–Crippen MR) is 92.2 cm³/mol. The number of hydrogen-bond donors (Lipinski definition) is 1. The lowest BCUT2D eigenvalue weighted by Gasteiger charge is -2.32. The maximum atomic E-state index is 6.23. The van der Waals surface area contributed by atoms with E-state index in [1.807, 2.05) is 7.05 Å². The summed E-state index contributed by atoms with van der Waals surface area (Å²) in [5.41, 5.74) is 2.47. The molecule has 2 aromatic carbocycles. The van der Waals surface area contributed by atoms with Gasteiger partial charge >= 0.3 is 0 Å². The molecule has 2 aromatic rings. The topological polar surface area (TPSA) is 21.3 Å². The van der Waals surface area contributed by atoms with E-state index in [0.717, 1.165) is 16.6 Å². The molecule has 3 rings (SSSR count). The van der Waals surface area contributed by atoms with Crippen LogP contribution in [0.1, 0.15) is 29.7 Å². The van der Waals surface area contributed by atoms with Gasteiger partial charge in [-0.3, -0.25) is 0 Å². The first-order valence-corrected chi connectivity index (χ1v) is 9.00. The van der Waals surface area contributed by atoms with Crippen LogP contribution in [0.15, 0.2) is 51.8 Å². The highest BCUT2D eigenvalue weighted by Crippen LogP contribution is 2.41. The standard InChI is InChI=1S/C17H18BrNOS/c1-19-15-10-16(11-3-6-13(21-2)7-4-11)20-17-9-12(18)5-8-14(15)17/h3-9,15-16,19H,10H2,1-2H3. The van der Waals surface area contributed by atoms with Crippen molar-refractivity contribution in [3.63, 3.8) is 0 Å². The second-order valence-corrected chi connectivity index (χ2v) is 6.93. The SMILES string of the molecule is CNC1CC(c2ccc(SC)cc2)Oc2cc(Br)ccc21. The number of ether oxygens (including phenoxy) is 1. The Labute approximate surface area is 138 Å². The predicted octanol–water partition coefficient (Wildman–Crippen LogP) is 4.96. The highest BCUT2D eigenvalue weighted by molar-refractivity contribution is 9.10. The van der Waals surface area contributed by atoms with Crippen LogP contribution in [0.4, 0.5) is 0 Å². The van der Waals surface area contributed by atoms with Crippen molar-refractivity contribution in [2.24, 2.45) is 0 Å². The highest BCUT2D eigenvalue weighted by atomic mass is 79.9. The summed E-state index contributed by atoms with van der Waals surface area (Å²) in [6, 6.07) is 15.3. The minimum Gasteiger partial charge on any atom is -0.485 e. The molecule has 110 valence electrons. The van der Waals surface area contributed by atoms with Crippen LogP contribution in [0.25, 0.3) is 0 Å². The summed E-state index contributed by atoms with van der Waals surface area (Å²) in [5.74, 6) is 0.967. The molecule has 1 heterocycles. The van der Waals surface area contributed by atoms with E-state index in [1.165, 1.54) is 16.0 Å². The van der Waals surface area contributed by atoms with Crippen molar-refractivity contribution < 1.29 is 4.74 Å². The Kier molecular flexibility index (Phi) is 4.57. The maximum absolute atomic E-state index is 6.23. The monoisotopic (exact) mass is 363 g/mol. The number of thioether (sulfide) groups is 1. The quantitative estimate of drug-likeness (QED) is 0.779. The minimum absolute atomic E-state index is 0.0974. The lowest BCUT2D eigenvalue weighted by Crippen LogP contribution is -2.26. The second-order valence-electron chi connectivity index (χ2n) is 5.14. The van der Waals surface area contributed by atoms with Gasteiger partial charge in [-0.05, 0) is 43.1 Å². The van der Waals surface area contributed by atoms with E-state index in [4.69, 9.17) is 4.74 Å². The third-order valence-corrected chi connectivity index (χ3v) is 5.14. The Morgan fingerprint density at radius 2 is 1.95 bits per heavy atom. The molecule has 0 fully saturated rings. The summed E-state index contributed by atoms with van der Waals surface area (Å²) in [5, 5.41) is 3.40. The Morgan fingerprint density at radius 1 is 1.19 bits per heavy atom. The molecule has 4 heteroatoms. The van der Waals surface area contributed by atoms with Crippen molar-refractivity contribution in [3.8, 4) is 5.75 Å². The fourth-order valence-corrected chi connectivity index (χ4v) is 3.48. The van der Waals surface area contributed by atoms with E-state index in [2.05, 4.69) is 70.0 Å². The van der Waals surface area contributed by atoms with Crippen molar-refractivity contribution in [1.82, 2.24) is 5.32 Å². The summed E-state index contributed by atoms with van der Waals surface area (Å²) in [4.78, 5) is 1.28. The minimum atomic E-state index is 0.0974. The number of rotatable bonds is 3. The van der Waals surface area contributed by atoms with Crippen LogP contribution in [-0.2, 0) is 0 Å². The first kappa shape index (κ1) is 14.9. The van der Waals surface area contributed by atoms with Crippen molar-refractivity contribution in [2.75, 3.05) is 13.3 Å². The lowest BCUT2D eigenvalue weighted by atomic mass is 9.93. The van der Waals surface area contributed by atoms with E-state index < -0.39 is 0 Å². The zero-order chi connectivity index (χ0) is 14.8. The largest absolute Gasteiger partial charge is 0.485 e. The van der Waals surface area contributed by atoms with Crippen LogP contribution in [0.5, 0.6) is 5.75 Å². The molecule has 2 nitrogen and oxygen atoms in total. The molecule has 0 amide bonds. The smallest absolute Gasteiger partial charge is 0.126 e. The van der Waals surface area contributed by atoms with Crippen LogP contribution in [0, 0.1) is 0 Å². The summed E-state index contributed by atoms with van der Waals surface area (Å²) in [6.07, 6.45) is 3.14. The number of benzene rings is 2. The van der Waals surface area contributed by atoms with E-state index in [-0.39, 0.29) is 6.10 Å². The van der Waals surface area contributed by atoms with E-state index in [0.29, 0.717) is 6.04 Å². The summed E-state index contributed by atoms with van der Waals surface area (Å²) in [7, 11) is 2.01. The average molecular weight is 364 g/mol. The molecule has 0 bridgehead atoms. The van der Waals surface area contributed by atoms with Gasteiger partial charge in [0.2, 0.25) is 0 Å². The van der Waals surface area contributed by atoms with Gasteiger partial charge in [-0.1, -0.05) is 34.1 Å². The van der Waals surface area contributed by atoms with Gasteiger partial charge in [0, 0.05) is 27.4 Å². The molecule has 1 N–H and O–H groups in total. The van der Waals surface area contributed by atoms with Crippen LogP contribution in [0.2, 0.25) is 0 Å². The Morgan fingerprint density at radius 3 is 2.62 bits per heavy atom. The summed E-state index contributed by atoms with van der Waals surface area (Å²) >= 11 is 5.28. The molecule has 2 unspecified atom stereocenters. The Bertz CT molecular complexity index is 629. The molecule has 21 heavy (non-hydrogen) atoms. The third kappa shape index (κ3) is 3.12. The lowest BCUT2D eigenvalue weighted by molar-refractivity contribution is 0.153. The molecular formula is C17H18BrNOS. The van der Waals surface area contributed by atoms with Crippen LogP contribution >= 0.6 is 27.7 Å². The van der Waals surface area contributed by atoms with Crippen LogP contribution < -0.4 is 10.1 Å². The van der Waals surface area contributed by atoms with Crippen LogP contribution in [0.3, 0.4) is 0 Å². The first-order valence-electron chi connectivity index (χ1n) is 6.98. The molecular weight excluding hydrogens is 346 g/mol. The maximum Gasteiger partial charge on any atom is 0.126 e. The molecule has 0 saturated heterocycles. The van der Waals surface area contributed by atoms with Gasteiger partial charge in [-0.25, -0.2) is 0 Å². The van der Waals surface area contributed by atoms with Gasteiger partial charge in [-0.15, -0.1) is 11.8 Å². The molecule has 0 aromatic heterocycles. The van der Waals surface area contributed by atoms with Gasteiger partial charge in [0.1, 0.15) is 11.9 Å². The van der Waals surface area contributed by atoms with Crippen molar-refractivity contribution >= 4 is 27.7 Å². The van der Waals surface area contributed by atoms with E-state index in [1.54, 1.807) is 11.8 Å². The van der Waals surface area contributed by atoms with Gasteiger partial charge in [-0.2, -0.15) is 0 Å². The molecule has 2 atom stereocenters. The molecule has 0 radical (unpaired) electrons. The number of fused-ring (bicyclic) bond motifs is 1. The van der Waals surface area contributed by atoms with Gasteiger partial charge < -0.3 is 10.1 Å². The highest BCUT2D eigenvalue weighted by Gasteiger charge is 2.28. The average Bonchev–Trinajstić information content (AvgIpc) is 2.53. The van der Waals surface area contributed by atoms with Gasteiger partial charge in [0.05, 0.1) is 0 Å². The van der Waals surface area contributed by atoms with Crippen molar-refractivity contribution in [1.29, 1.82) is 0 Å². The Hall–Kier alpha value is -0.970. The number of halogens is 1. The fraction of sp³-hybridized carbons (Fsp3) is 0.294. The molecule has 0 aliphatic carbocycles. The second kappa shape index (κ2) is 6.42. The zero-order valence-electron chi connectivity index (χ0n) is 12.1. The molecule has 0 spiro atoms. The van der Waals surface area contributed by atoms with Crippen molar-refractivity contribution in [3.05, 3.63) is 58.1 Å². The van der Waals surface area contributed by atoms with E-state index >= 15 is 0 Å². The molecule has 0 saturated carbocycles. The van der Waals surface area contributed by atoms with Gasteiger partial charge in [0.15, 0.2) is 0 Å². The molecule has 1 aliphatic heterocycles. The summed E-state index contributed by atoms with van der Waals surface area (Å²) < 4.78 is 7.28. The molecule has 1 aliphatic rings. The fourth-order valence-electron chi connectivity index (χ4n) is 2.74. The first-order chi connectivity index (χ1) is 10.2. The number of hydrogen-bond acceptors (Lipinski definition) is 3. The summed E-state index contributed by atoms with van der Waals surface area (Å²) in [6.45, 7) is 0. The van der Waals surface area contributed by atoms with Crippen LogP contribution in [-0.4, -0.2) is 13.3 Å². The Balaban J connectivity index is 1.91. The third-order valence-electron chi connectivity index (χ3n) is 3.91.